The molecule has 0 atom stereocenters. The van der Waals surface area contributed by atoms with Gasteiger partial charge in [-0.15, -0.1) is 0 Å². The predicted molar refractivity (Wildman–Crippen MR) is 125 cm³/mol. The number of nitrogens with zero attached hydrogens (tertiary/aromatic N) is 2. The summed E-state index contributed by atoms with van der Waals surface area (Å²) >= 11 is 12.2. The van der Waals surface area contributed by atoms with Gasteiger partial charge in [-0.25, -0.2) is 4.98 Å². The molecule has 0 aliphatic heterocycles. The van der Waals surface area contributed by atoms with Crippen molar-refractivity contribution in [1.29, 1.82) is 0 Å². The van der Waals surface area contributed by atoms with Gasteiger partial charge in [0, 0.05) is 36.5 Å². The first-order chi connectivity index (χ1) is 15.0. The number of hydrogen-bond acceptors (Lipinski definition) is 4. The number of hydrogen-bond donors (Lipinski definition) is 1. The minimum Gasteiger partial charge on any atom is -0.441 e. The van der Waals surface area contributed by atoms with Crippen molar-refractivity contribution in [3.8, 4) is 11.3 Å². The highest BCUT2D eigenvalue weighted by atomic mass is 35.5. The molecule has 0 fully saturated rings. The lowest BCUT2D eigenvalue weighted by Gasteiger charge is -2.20. The lowest BCUT2D eigenvalue weighted by molar-refractivity contribution is -0.121. The molecule has 0 spiro atoms. The van der Waals surface area contributed by atoms with Crippen molar-refractivity contribution in [1.82, 2.24) is 15.2 Å². The summed E-state index contributed by atoms with van der Waals surface area (Å²) < 4.78 is 5.77. The molecule has 1 aromatic heterocycles. The molecule has 0 radical (unpaired) electrons. The van der Waals surface area contributed by atoms with Crippen molar-refractivity contribution in [2.75, 3.05) is 13.1 Å². The maximum Gasteiger partial charge on any atom is 0.220 e. The third kappa shape index (κ3) is 6.57. The van der Waals surface area contributed by atoms with Gasteiger partial charge in [-0.1, -0.05) is 61.3 Å². The third-order valence-corrected chi connectivity index (χ3v) is 5.75. The van der Waals surface area contributed by atoms with E-state index in [0.717, 1.165) is 30.8 Å². The Kier molecular flexibility index (Phi) is 8.52. The van der Waals surface area contributed by atoms with E-state index in [9.17, 15) is 4.79 Å². The standard InChI is InChI=1S/C24H27Cl2N3O2/c1-3-29(4-2)16-18-8-6-5-7-17(18)14-27-23(30)11-12-24-28-15-22(31-24)20-10-9-19(25)13-21(20)26/h5-10,13,15H,3-4,11-12,14,16H2,1-2H3,(H,27,30). The molecule has 3 aromatic rings. The quantitative estimate of drug-likeness (QED) is 0.419. The molecule has 0 aliphatic carbocycles. The van der Waals surface area contributed by atoms with Gasteiger partial charge in [0.25, 0.3) is 0 Å². The fraction of sp³-hybridized carbons (Fsp3) is 0.333. The van der Waals surface area contributed by atoms with Gasteiger partial charge in [0.1, 0.15) is 0 Å². The first-order valence-corrected chi connectivity index (χ1v) is 11.2. The summed E-state index contributed by atoms with van der Waals surface area (Å²) in [5.74, 6) is 1.02. The fourth-order valence-electron chi connectivity index (χ4n) is 3.31. The molecular formula is C24H27Cl2N3O2. The molecule has 0 unspecified atom stereocenters. The molecule has 0 aliphatic rings. The van der Waals surface area contributed by atoms with Crippen molar-refractivity contribution < 1.29 is 9.21 Å². The number of carbonyl (C=O) groups excluding carboxylic acids is 1. The first-order valence-electron chi connectivity index (χ1n) is 10.5. The second-order valence-corrected chi connectivity index (χ2v) is 8.09. The molecule has 0 saturated carbocycles. The predicted octanol–water partition coefficient (Wildman–Crippen LogP) is 5.74. The molecule has 5 nitrogen and oxygen atoms in total. The lowest BCUT2D eigenvalue weighted by atomic mass is 10.1. The number of carbonyl (C=O) groups is 1. The van der Waals surface area contributed by atoms with Crippen LogP contribution >= 0.6 is 23.2 Å². The summed E-state index contributed by atoms with van der Waals surface area (Å²) in [6.07, 6.45) is 2.33. The van der Waals surface area contributed by atoms with E-state index < -0.39 is 0 Å². The summed E-state index contributed by atoms with van der Waals surface area (Å²) in [4.78, 5) is 19.0. The number of halogens is 2. The Morgan fingerprint density at radius 3 is 2.55 bits per heavy atom. The zero-order chi connectivity index (χ0) is 22.2. The SMILES string of the molecule is CCN(CC)Cc1ccccc1CNC(=O)CCc1ncc(-c2ccc(Cl)cc2Cl)o1. The van der Waals surface area contributed by atoms with Gasteiger partial charge in [-0.3, -0.25) is 9.69 Å². The monoisotopic (exact) mass is 459 g/mol. The maximum atomic E-state index is 12.4. The minimum absolute atomic E-state index is 0.0399. The van der Waals surface area contributed by atoms with Gasteiger partial charge in [0.05, 0.1) is 11.2 Å². The van der Waals surface area contributed by atoms with Crippen LogP contribution in [-0.4, -0.2) is 28.9 Å². The number of benzene rings is 2. The molecule has 1 N–H and O–H groups in total. The molecule has 2 aromatic carbocycles. The normalized spacial score (nSPS) is 11.1. The largest absolute Gasteiger partial charge is 0.441 e. The van der Waals surface area contributed by atoms with Crippen LogP contribution in [0.25, 0.3) is 11.3 Å². The van der Waals surface area contributed by atoms with E-state index in [0.29, 0.717) is 41.1 Å². The Morgan fingerprint density at radius 2 is 1.84 bits per heavy atom. The molecular weight excluding hydrogens is 433 g/mol. The summed E-state index contributed by atoms with van der Waals surface area (Å²) in [6, 6.07) is 13.4. The third-order valence-electron chi connectivity index (χ3n) is 5.20. The Hall–Kier alpha value is -2.34. The second-order valence-electron chi connectivity index (χ2n) is 7.25. The summed E-state index contributed by atoms with van der Waals surface area (Å²) in [5.41, 5.74) is 3.10. The van der Waals surface area contributed by atoms with Gasteiger partial charge in [0.15, 0.2) is 11.7 Å². The number of aryl methyl sites for hydroxylation is 1. The average Bonchev–Trinajstić information content (AvgIpc) is 3.24. The molecule has 1 heterocycles. The van der Waals surface area contributed by atoms with Crippen LogP contribution in [-0.2, 0) is 24.3 Å². The van der Waals surface area contributed by atoms with Crippen LogP contribution in [0, 0.1) is 0 Å². The van der Waals surface area contributed by atoms with Gasteiger partial charge in [-0.2, -0.15) is 0 Å². The highest BCUT2D eigenvalue weighted by Crippen LogP contribution is 2.30. The minimum atomic E-state index is -0.0399. The zero-order valence-electron chi connectivity index (χ0n) is 17.8. The van der Waals surface area contributed by atoms with Crippen LogP contribution < -0.4 is 5.32 Å². The molecule has 7 heteroatoms. The fourth-order valence-corrected chi connectivity index (χ4v) is 3.82. The van der Waals surface area contributed by atoms with Crippen molar-refractivity contribution in [3.05, 3.63) is 75.7 Å². The lowest BCUT2D eigenvalue weighted by Crippen LogP contribution is -2.26. The van der Waals surface area contributed by atoms with Gasteiger partial charge >= 0.3 is 0 Å². The Balaban J connectivity index is 1.53. The first kappa shape index (κ1) is 23.3. The number of amides is 1. The van der Waals surface area contributed by atoms with E-state index in [1.807, 2.05) is 12.1 Å². The maximum absolute atomic E-state index is 12.4. The number of aromatic nitrogens is 1. The van der Waals surface area contributed by atoms with Crippen LogP contribution in [0.2, 0.25) is 10.0 Å². The molecule has 0 saturated heterocycles. The average molecular weight is 460 g/mol. The Bertz CT molecular complexity index is 1020. The van der Waals surface area contributed by atoms with Crippen LogP contribution in [0.4, 0.5) is 0 Å². The number of oxazole rings is 1. The van der Waals surface area contributed by atoms with Crippen molar-refractivity contribution in [3.63, 3.8) is 0 Å². The van der Waals surface area contributed by atoms with Gasteiger partial charge in [-0.05, 0) is 42.4 Å². The number of nitrogens with one attached hydrogen (secondary N) is 1. The second kappa shape index (κ2) is 11.3. The van der Waals surface area contributed by atoms with Crippen molar-refractivity contribution in [2.24, 2.45) is 0 Å². The van der Waals surface area contributed by atoms with E-state index >= 15 is 0 Å². The van der Waals surface area contributed by atoms with Crippen LogP contribution in [0.15, 0.2) is 53.1 Å². The van der Waals surface area contributed by atoms with Crippen LogP contribution in [0.1, 0.15) is 37.3 Å². The highest BCUT2D eigenvalue weighted by molar-refractivity contribution is 6.36. The topological polar surface area (TPSA) is 58.4 Å². The van der Waals surface area contributed by atoms with Crippen molar-refractivity contribution >= 4 is 29.1 Å². The van der Waals surface area contributed by atoms with Gasteiger partial charge in [0.2, 0.25) is 5.91 Å². The van der Waals surface area contributed by atoms with Crippen LogP contribution in [0.5, 0.6) is 0 Å². The summed E-state index contributed by atoms with van der Waals surface area (Å²) in [5, 5.41) is 4.07. The molecule has 164 valence electrons. The van der Waals surface area contributed by atoms with E-state index in [-0.39, 0.29) is 5.91 Å². The smallest absolute Gasteiger partial charge is 0.220 e. The zero-order valence-corrected chi connectivity index (χ0v) is 19.3. The van der Waals surface area contributed by atoms with E-state index in [1.165, 1.54) is 5.56 Å². The van der Waals surface area contributed by atoms with Gasteiger partial charge < -0.3 is 9.73 Å². The number of rotatable bonds is 10. The summed E-state index contributed by atoms with van der Waals surface area (Å²) in [7, 11) is 0. The van der Waals surface area contributed by atoms with E-state index in [2.05, 4.69) is 41.2 Å². The molecule has 3 rings (SSSR count). The van der Waals surface area contributed by atoms with Crippen molar-refractivity contribution in [2.45, 2.75) is 39.8 Å². The summed E-state index contributed by atoms with van der Waals surface area (Å²) in [6.45, 7) is 7.69. The highest BCUT2D eigenvalue weighted by Gasteiger charge is 2.12. The molecule has 31 heavy (non-hydrogen) atoms. The molecule has 0 bridgehead atoms. The van der Waals surface area contributed by atoms with E-state index in [4.69, 9.17) is 27.6 Å². The molecule has 1 amide bonds. The Labute approximate surface area is 193 Å². The van der Waals surface area contributed by atoms with Crippen LogP contribution in [0.3, 0.4) is 0 Å². The Morgan fingerprint density at radius 1 is 1.10 bits per heavy atom. The van der Waals surface area contributed by atoms with E-state index in [1.54, 1.807) is 24.4 Å².